The van der Waals surface area contributed by atoms with E-state index in [9.17, 15) is 4.79 Å². The van der Waals surface area contributed by atoms with Crippen LogP contribution in [0.5, 0.6) is 11.5 Å². The van der Waals surface area contributed by atoms with Crippen LogP contribution in [0.1, 0.15) is 37.9 Å². The zero-order chi connectivity index (χ0) is 22.7. The van der Waals surface area contributed by atoms with Crippen molar-refractivity contribution in [2.45, 2.75) is 39.8 Å². The number of benzene rings is 2. The van der Waals surface area contributed by atoms with Crippen molar-refractivity contribution in [2.24, 2.45) is 0 Å². The molecule has 0 saturated heterocycles. The molecule has 6 nitrogen and oxygen atoms in total. The highest BCUT2D eigenvalue weighted by atomic mass is 32.1. The average Bonchev–Trinajstić information content (AvgIpc) is 2.73. The predicted molar refractivity (Wildman–Crippen MR) is 126 cm³/mol. The summed E-state index contributed by atoms with van der Waals surface area (Å²) in [4.78, 5) is 15.0. The summed E-state index contributed by atoms with van der Waals surface area (Å²) in [5.74, 6) is 0.807. The number of nitrogens with one attached hydrogen (secondary N) is 1. The van der Waals surface area contributed by atoms with Crippen LogP contribution >= 0.6 is 12.2 Å². The molecule has 0 bridgehead atoms. The van der Waals surface area contributed by atoms with Crippen molar-refractivity contribution in [3.05, 3.63) is 64.9 Å². The molecule has 0 aliphatic carbocycles. The maximum atomic E-state index is 13.1. The Bertz CT molecular complexity index is 1010. The largest absolute Gasteiger partial charge is 0.493 e. The second kappa shape index (κ2) is 9.39. The molecule has 31 heavy (non-hydrogen) atoms. The first kappa shape index (κ1) is 22.6. The average molecular weight is 441 g/mol. The Morgan fingerprint density at radius 3 is 2.26 bits per heavy atom. The van der Waals surface area contributed by atoms with Crippen molar-refractivity contribution in [3.63, 3.8) is 0 Å². The van der Waals surface area contributed by atoms with Crippen LogP contribution in [-0.4, -0.2) is 31.4 Å². The van der Waals surface area contributed by atoms with Crippen molar-refractivity contribution in [1.82, 2.24) is 5.32 Å². The monoisotopic (exact) mass is 440 g/mol. The fraction of sp³-hybridized carbons (Fsp3) is 0.333. The van der Waals surface area contributed by atoms with Crippen LogP contribution in [0.3, 0.4) is 0 Å². The number of aryl methyl sites for hydroxylation is 1. The molecule has 1 heterocycles. The maximum Gasteiger partial charge on any atom is 0.338 e. The van der Waals surface area contributed by atoms with Crippen molar-refractivity contribution in [3.8, 4) is 11.5 Å². The molecule has 0 spiro atoms. The van der Waals surface area contributed by atoms with Crippen LogP contribution < -0.4 is 19.7 Å². The van der Waals surface area contributed by atoms with Crippen LogP contribution in [0.2, 0.25) is 0 Å². The van der Waals surface area contributed by atoms with Gasteiger partial charge in [0, 0.05) is 11.8 Å². The Balaban J connectivity index is 2.13. The summed E-state index contributed by atoms with van der Waals surface area (Å²) in [6.45, 7) is 7.57. The normalized spacial score (nSPS) is 16.3. The molecule has 2 aromatic carbocycles. The zero-order valence-electron chi connectivity index (χ0n) is 18.7. The van der Waals surface area contributed by atoms with Gasteiger partial charge in [-0.05, 0) is 57.6 Å². The van der Waals surface area contributed by atoms with Crippen LogP contribution in [0.4, 0.5) is 5.69 Å². The highest BCUT2D eigenvalue weighted by Crippen LogP contribution is 2.38. The third-order valence-corrected chi connectivity index (χ3v) is 5.38. The number of carbonyl (C=O) groups is 1. The molecule has 1 aliphatic rings. The van der Waals surface area contributed by atoms with Gasteiger partial charge >= 0.3 is 5.97 Å². The van der Waals surface area contributed by atoms with Crippen molar-refractivity contribution in [2.75, 3.05) is 19.1 Å². The lowest BCUT2D eigenvalue weighted by atomic mass is 9.94. The van der Waals surface area contributed by atoms with Gasteiger partial charge in [0.2, 0.25) is 0 Å². The number of thiocarbonyl (C=S) groups is 1. The molecule has 0 radical (unpaired) electrons. The molecule has 3 rings (SSSR count). The first-order valence-electron chi connectivity index (χ1n) is 10.1. The van der Waals surface area contributed by atoms with Gasteiger partial charge in [-0.15, -0.1) is 0 Å². The van der Waals surface area contributed by atoms with Crippen molar-refractivity contribution >= 4 is 29.0 Å². The smallest absolute Gasteiger partial charge is 0.338 e. The van der Waals surface area contributed by atoms with Gasteiger partial charge in [-0.2, -0.15) is 0 Å². The molecule has 1 atom stereocenters. The second-order valence-corrected chi connectivity index (χ2v) is 8.01. The van der Waals surface area contributed by atoms with Gasteiger partial charge in [0.05, 0.1) is 37.6 Å². The topological polar surface area (TPSA) is 60.0 Å². The van der Waals surface area contributed by atoms with Gasteiger partial charge in [0.25, 0.3) is 0 Å². The van der Waals surface area contributed by atoms with Crippen LogP contribution in [0, 0.1) is 6.92 Å². The van der Waals surface area contributed by atoms with E-state index in [4.69, 9.17) is 26.4 Å². The Kier molecular flexibility index (Phi) is 6.85. The number of rotatable bonds is 6. The molecule has 0 fully saturated rings. The van der Waals surface area contributed by atoms with E-state index in [2.05, 4.69) is 5.32 Å². The lowest BCUT2D eigenvalue weighted by molar-refractivity contribution is -0.143. The molecule has 0 amide bonds. The summed E-state index contributed by atoms with van der Waals surface area (Å²) in [7, 11) is 3.16. The van der Waals surface area contributed by atoms with E-state index in [-0.39, 0.29) is 12.1 Å². The first-order valence-corrected chi connectivity index (χ1v) is 10.5. The van der Waals surface area contributed by atoms with E-state index in [1.807, 2.05) is 75.1 Å². The summed E-state index contributed by atoms with van der Waals surface area (Å²) in [5.41, 5.74) is 4.05. The van der Waals surface area contributed by atoms with E-state index in [1.165, 1.54) is 0 Å². The van der Waals surface area contributed by atoms with Crippen LogP contribution in [-0.2, 0) is 9.53 Å². The van der Waals surface area contributed by atoms with Gasteiger partial charge in [-0.25, -0.2) is 4.79 Å². The standard InChI is InChI=1S/C24H28N2O4S/c1-14(2)30-23(27)21-16(4)26(18-11-12-19(28-5)20(13-18)29-6)24(31)25-22(21)17-9-7-15(3)8-10-17/h7-14,22H,1-6H3,(H,25,31)/t22-/m1/s1. The Morgan fingerprint density at radius 2 is 1.68 bits per heavy atom. The van der Waals surface area contributed by atoms with E-state index in [1.54, 1.807) is 14.2 Å². The maximum absolute atomic E-state index is 13.1. The molecular formula is C24H28N2O4S. The summed E-state index contributed by atoms with van der Waals surface area (Å²) in [6, 6.07) is 13.1. The Hall–Kier alpha value is -3.06. The molecular weight excluding hydrogens is 412 g/mol. The van der Waals surface area contributed by atoms with Gasteiger partial charge < -0.3 is 19.5 Å². The minimum absolute atomic E-state index is 0.241. The molecule has 1 aliphatic heterocycles. The van der Waals surface area contributed by atoms with Crippen molar-refractivity contribution in [1.29, 1.82) is 0 Å². The Labute approximate surface area is 188 Å². The number of allylic oxidation sites excluding steroid dienone is 1. The van der Waals surface area contributed by atoms with Gasteiger partial charge in [0.1, 0.15) is 0 Å². The summed E-state index contributed by atoms with van der Waals surface area (Å²) < 4.78 is 16.4. The molecule has 1 N–H and O–H groups in total. The number of nitrogens with zero attached hydrogens (tertiary/aromatic N) is 1. The van der Waals surface area contributed by atoms with Crippen LogP contribution in [0.25, 0.3) is 0 Å². The molecule has 164 valence electrons. The third-order valence-electron chi connectivity index (χ3n) is 5.08. The number of ether oxygens (including phenoxy) is 3. The minimum atomic E-state index is -0.407. The Morgan fingerprint density at radius 1 is 1.03 bits per heavy atom. The van der Waals surface area contributed by atoms with E-state index in [0.29, 0.717) is 27.9 Å². The number of hydrogen-bond acceptors (Lipinski definition) is 5. The summed E-state index contributed by atoms with van der Waals surface area (Å²) >= 11 is 5.71. The predicted octanol–water partition coefficient (Wildman–Crippen LogP) is 4.67. The number of methoxy groups -OCH3 is 2. The molecule has 0 aromatic heterocycles. The van der Waals surface area contributed by atoms with Crippen molar-refractivity contribution < 1.29 is 19.0 Å². The number of hydrogen-bond donors (Lipinski definition) is 1. The van der Waals surface area contributed by atoms with E-state index in [0.717, 1.165) is 16.8 Å². The quantitative estimate of drug-likeness (QED) is 0.517. The fourth-order valence-corrected chi connectivity index (χ4v) is 3.93. The number of anilines is 1. The lowest BCUT2D eigenvalue weighted by Gasteiger charge is -2.38. The molecule has 2 aromatic rings. The number of carbonyl (C=O) groups excluding carboxylic acids is 1. The van der Waals surface area contributed by atoms with E-state index < -0.39 is 6.04 Å². The van der Waals surface area contributed by atoms with Gasteiger partial charge in [0.15, 0.2) is 16.6 Å². The van der Waals surface area contributed by atoms with Gasteiger partial charge in [-0.3, -0.25) is 4.90 Å². The highest BCUT2D eigenvalue weighted by Gasteiger charge is 2.36. The SMILES string of the molecule is COc1ccc(N2C(=S)N[C@H](c3ccc(C)cc3)C(C(=O)OC(C)C)=C2C)cc1OC. The zero-order valence-corrected chi connectivity index (χ0v) is 19.5. The summed E-state index contributed by atoms with van der Waals surface area (Å²) in [5, 5.41) is 3.81. The minimum Gasteiger partial charge on any atom is -0.493 e. The third kappa shape index (κ3) is 4.66. The second-order valence-electron chi connectivity index (χ2n) is 7.62. The summed E-state index contributed by atoms with van der Waals surface area (Å²) in [6.07, 6.45) is -0.241. The first-order chi connectivity index (χ1) is 14.8. The number of esters is 1. The molecule has 7 heteroatoms. The van der Waals surface area contributed by atoms with Gasteiger partial charge in [-0.1, -0.05) is 29.8 Å². The fourth-order valence-electron chi connectivity index (χ4n) is 3.57. The molecule has 0 unspecified atom stereocenters. The lowest BCUT2D eigenvalue weighted by Crippen LogP contribution is -2.48. The van der Waals surface area contributed by atoms with Crippen LogP contribution in [0.15, 0.2) is 53.7 Å². The molecule has 0 saturated carbocycles. The highest BCUT2D eigenvalue weighted by molar-refractivity contribution is 7.80. The van der Waals surface area contributed by atoms with E-state index >= 15 is 0 Å².